The summed E-state index contributed by atoms with van der Waals surface area (Å²) < 4.78 is 0. The Morgan fingerprint density at radius 1 is 1.10 bits per heavy atom. The van der Waals surface area contributed by atoms with Gasteiger partial charge in [-0.05, 0) is 43.9 Å². The van der Waals surface area contributed by atoms with E-state index in [1.807, 2.05) is 0 Å². The molecule has 1 heterocycles. The second kappa shape index (κ2) is 8.38. The number of aromatic nitrogens is 1. The number of hydrogen-bond donors (Lipinski definition) is 1. The van der Waals surface area contributed by atoms with Crippen LogP contribution < -0.4 is 10.2 Å². The monoisotopic (exact) mass is 291 g/mol. The van der Waals surface area contributed by atoms with Gasteiger partial charge in [-0.15, -0.1) is 0 Å². The molecular weight excluding hydrogens is 258 g/mol. The first kappa shape index (κ1) is 18.0. The fraction of sp³-hybridized carbons (Fsp3) is 0.722. The van der Waals surface area contributed by atoms with Crippen molar-refractivity contribution < 1.29 is 0 Å². The first-order chi connectivity index (χ1) is 9.85. The molecule has 0 aliphatic heterocycles. The van der Waals surface area contributed by atoms with E-state index in [9.17, 15) is 0 Å². The van der Waals surface area contributed by atoms with Gasteiger partial charge in [0, 0.05) is 30.9 Å². The average molecular weight is 291 g/mol. The van der Waals surface area contributed by atoms with E-state index < -0.39 is 0 Å². The summed E-state index contributed by atoms with van der Waals surface area (Å²) in [6.45, 7) is 17.5. The predicted octanol–water partition coefficient (Wildman–Crippen LogP) is 4.33. The van der Waals surface area contributed by atoms with Gasteiger partial charge < -0.3 is 10.2 Å². The van der Waals surface area contributed by atoms with E-state index >= 15 is 0 Å². The van der Waals surface area contributed by atoms with Gasteiger partial charge in [-0.1, -0.05) is 34.6 Å². The lowest BCUT2D eigenvalue weighted by atomic mass is 10.1. The second-order valence-corrected chi connectivity index (χ2v) is 6.74. The van der Waals surface area contributed by atoms with Crippen LogP contribution in [-0.4, -0.2) is 23.6 Å². The SMILES string of the molecule is CCCN(c1cc(CNC(C)C)cc(C(C)C)n1)C(C)C. The molecule has 0 aromatic carbocycles. The minimum Gasteiger partial charge on any atom is -0.354 e. The number of hydrogen-bond acceptors (Lipinski definition) is 3. The molecule has 0 unspecified atom stereocenters. The largest absolute Gasteiger partial charge is 0.354 e. The van der Waals surface area contributed by atoms with Crippen LogP contribution in [0.2, 0.25) is 0 Å². The van der Waals surface area contributed by atoms with E-state index in [1.165, 1.54) is 11.3 Å². The molecule has 0 radical (unpaired) electrons. The van der Waals surface area contributed by atoms with Gasteiger partial charge in [-0.25, -0.2) is 4.98 Å². The summed E-state index contributed by atoms with van der Waals surface area (Å²) in [5, 5.41) is 3.51. The zero-order chi connectivity index (χ0) is 16.0. The average Bonchev–Trinajstić information content (AvgIpc) is 2.41. The summed E-state index contributed by atoms with van der Waals surface area (Å²) in [5.74, 6) is 1.58. The van der Waals surface area contributed by atoms with Crippen LogP contribution in [0, 0.1) is 0 Å². The molecule has 1 rings (SSSR count). The zero-order valence-electron chi connectivity index (χ0n) is 14.9. The Labute approximate surface area is 131 Å². The molecule has 1 aromatic rings. The van der Waals surface area contributed by atoms with Crippen molar-refractivity contribution in [2.75, 3.05) is 11.4 Å². The maximum atomic E-state index is 4.90. The number of nitrogens with zero attached hydrogens (tertiary/aromatic N) is 2. The van der Waals surface area contributed by atoms with Crippen molar-refractivity contribution in [1.82, 2.24) is 10.3 Å². The lowest BCUT2D eigenvalue weighted by Gasteiger charge is -2.29. The van der Waals surface area contributed by atoms with Crippen molar-refractivity contribution in [3.05, 3.63) is 23.4 Å². The Hall–Kier alpha value is -1.09. The Balaban J connectivity index is 3.11. The van der Waals surface area contributed by atoms with Gasteiger partial charge in [0.15, 0.2) is 0 Å². The van der Waals surface area contributed by atoms with Crippen molar-refractivity contribution in [2.24, 2.45) is 0 Å². The molecule has 120 valence electrons. The van der Waals surface area contributed by atoms with Crippen LogP contribution in [0.25, 0.3) is 0 Å². The van der Waals surface area contributed by atoms with Crippen LogP contribution in [0.4, 0.5) is 5.82 Å². The normalized spacial score (nSPS) is 11.7. The van der Waals surface area contributed by atoms with Crippen LogP contribution in [0.5, 0.6) is 0 Å². The molecule has 3 nitrogen and oxygen atoms in total. The zero-order valence-corrected chi connectivity index (χ0v) is 14.9. The third kappa shape index (κ3) is 5.66. The topological polar surface area (TPSA) is 28.2 Å². The molecule has 0 bridgehead atoms. The smallest absolute Gasteiger partial charge is 0.129 e. The molecule has 0 saturated carbocycles. The molecular formula is C18H33N3. The molecule has 0 aliphatic carbocycles. The van der Waals surface area contributed by atoms with E-state index in [2.05, 4.69) is 70.8 Å². The summed E-state index contributed by atoms with van der Waals surface area (Å²) in [6.07, 6.45) is 1.14. The van der Waals surface area contributed by atoms with Gasteiger partial charge in [0.25, 0.3) is 0 Å². The Morgan fingerprint density at radius 2 is 1.76 bits per heavy atom. The minimum absolute atomic E-state index is 0.457. The van der Waals surface area contributed by atoms with Crippen LogP contribution in [0.15, 0.2) is 12.1 Å². The lowest BCUT2D eigenvalue weighted by molar-refractivity contribution is 0.586. The number of pyridine rings is 1. The lowest BCUT2D eigenvalue weighted by Crippen LogP contribution is -2.32. The fourth-order valence-electron chi connectivity index (χ4n) is 2.34. The van der Waals surface area contributed by atoms with Gasteiger partial charge >= 0.3 is 0 Å². The third-order valence-electron chi connectivity index (χ3n) is 3.58. The second-order valence-electron chi connectivity index (χ2n) is 6.74. The summed E-state index contributed by atoms with van der Waals surface area (Å²) in [4.78, 5) is 7.31. The minimum atomic E-state index is 0.457. The molecule has 3 heteroatoms. The van der Waals surface area contributed by atoms with Crippen LogP contribution in [-0.2, 0) is 6.54 Å². The van der Waals surface area contributed by atoms with E-state index in [4.69, 9.17) is 4.98 Å². The van der Waals surface area contributed by atoms with Gasteiger partial charge in [-0.3, -0.25) is 0 Å². The van der Waals surface area contributed by atoms with E-state index in [0.29, 0.717) is 18.0 Å². The van der Waals surface area contributed by atoms with Gasteiger partial charge in [0.1, 0.15) is 5.82 Å². The van der Waals surface area contributed by atoms with Crippen LogP contribution >= 0.6 is 0 Å². The number of anilines is 1. The van der Waals surface area contributed by atoms with E-state index in [-0.39, 0.29) is 0 Å². The highest BCUT2D eigenvalue weighted by molar-refractivity contribution is 5.44. The van der Waals surface area contributed by atoms with Crippen molar-refractivity contribution in [1.29, 1.82) is 0 Å². The molecule has 0 saturated heterocycles. The highest BCUT2D eigenvalue weighted by atomic mass is 15.2. The quantitative estimate of drug-likeness (QED) is 0.773. The number of rotatable bonds is 8. The first-order valence-corrected chi connectivity index (χ1v) is 8.36. The molecule has 0 amide bonds. The predicted molar refractivity (Wildman–Crippen MR) is 93.1 cm³/mol. The van der Waals surface area contributed by atoms with Crippen molar-refractivity contribution in [3.8, 4) is 0 Å². The van der Waals surface area contributed by atoms with E-state index in [1.54, 1.807) is 0 Å². The molecule has 1 aromatic heterocycles. The Bertz CT molecular complexity index is 424. The Kier molecular flexibility index (Phi) is 7.16. The summed E-state index contributed by atoms with van der Waals surface area (Å²) in [7, 11) is 0. The number of nitrogens with one attached hydrogen (secondary N) is 1. The van der Waals surface area contributed by atoms with Crippen molar-refractivity contribution in [2.45, 2.75) is 79.4 Å². The van der Waals surface area contributed by atoms with Crippen molar-refractivity contribution in [3.63, 3.8) is 0 Å². The summed E-state index contributed by atoms with van der Waals surface area (Å²) in [6, 6.07) is 5.47. The van der Waals surface area contributed by atoms with Gasteiger partial charge in [0.05, 0.1) is 0 Å². The van der Waals surface area contributed by atoms with Crippen LogP contribution in [0.3, 0.4) is 0 Å². The van der Waals surface area contributed by atoms with Crippen LogP contribution in [0.1, 0.15) is 72.1 Å². The maximum absolute atomic E-state index is 4.90. The summed E-state index contributed by atoms with van der Waals surface area (Å²) >= 11 is 0. The summed E-state index contributed by atoms with van der Waals surface area (Å²) in [5.41, 5.74) is 2.52. The Morgan fingerprint density at radius 3 is 2.24 bits per heavy atom. The maximum Gasteiger partial charge on any atom is 0.129 e. The molecule has 0 fully saturated rings. The van der Waals surface area contributed by atoms with Gasteiger partial charge in [-0.2, -0.15) is 0 Å². The molecule has 0 atom stereocenters. The third-order valence-corrected chi connectivity index (χ3v) is 3.58. The molecule has 21 heavy (non-hydrogen) atoms. The fourth-order valence-corrected chi connectivity index (χ4v) is 2.34. The molecule has 0 aliphatic rings. The van der Waals surface area contributed by atoms with Gasteiger partial charge in [0.2, 0.25) is 0 Å². The van der Waals surface area contributed by atoms with Crippen molar-refractivity contribution >= 4 is 5.82 Å². The molecule has 0 spiro atoms. The molecule has 1 N–H and O–H groups in total. The highest BCUT2D eigenvalue weighted by Gasteiger charge is 2.14. The standard InChI is InChI=1S/C18H33N3/c1-8-9-21(15(6)7)18-11-16(12-19-14(4)5)10-17(20-18)13(2)3/h10-11,13-15,19H,8-9,12H2,1-7H3. The first-order valence-electron chi connectivity index (χ1n) is 8.36. The van der Waals surface area contributed by atoms with E-state index in [0.717, 1.165) is 25.3 Å². The highest BCUT2D eigenvalue weighted by Crippen LogP contribution is 2.22.